The predicted octanol–water partition coefficient (Wildman–Crippen LogP) is 1.33. The third kappa shape index (κ3) is 3.33. The molecular formula is C15H20N2O5S2. The number of aromatic carboxylic acids is 1. The van der Waals surface area contributed by atoms with Crippen LogP contribution in [0, 0.1) is 11.8 Å². The highest BCUT2D eigenvalue weighted by atomic mass is 32.2. The summed E-state index contributed by atoms with van der Waals surface area (Å²) in [6.45, 7) is 3.19. The van der Waals surface area contributed by atoms with Gasteiger partial charge in [0.25, 0.3) is 10.0 Å². The SMILES string of the molecule is CC(C(=O)N1CCN(S(=O)(=O)c2cc(C(=O)O)cs2)CC1)C1CC1. The van der Waals surface area contributed by atoms with Gasteiger partial charge in [0.1, 0.15) is 4.21 Å². The molecule has 1 aromatic rings. The van der Waals surface area contributed by atoms with Crippen molar-refractivity contribution in [1.82, 2.24) is 9.21 Å². The molecule has 1 saturated carbocycles. The molecule has 0 aromatic carbocycles. The number of carboxylic acid groups (broad SMARTS) is 1. The molecule has 1 aliphatic heterocycles. The van der Waals surface area contributed by atoms with Crippen molar-refractivity contribution in [3.8, 4) is 0 Å². The molecule has 1 amide bonds. The van der Waals surface area contributed by atoms with E-state index in [1.807, 2.05) is 6.92 Å². The molecule has 0 bridgehead atoms. The first-order valence-corrected chi connectivity index (χ1v) is 10.2. The van der Waals surface area contributed by atoms with E-state index in [-0.39, 0.29) is 34.7 Å². The van der Waals surface area contributed by atoms with E-state index in [1.54, 1.807) is 4.90 Å². The number of carbonyl (C=O) groups excluding carboxylic acids is 1. The summed E-state index contributed by atoms with van der Waals surface area (Å²) in [5.41, 5.74) is -0.0225. The van der Waals surface area contributed by atoms with E-state index in [4.69, 9.17) is 5.11 Å². The van der Waals surface area contributed by atoms with Crippen molar-refractivity contribution in [3.63, 3.8) is 0 Å². The largest absolute Gasteiger partial charge is 0.478 e. The van der Waals surface area contributed by atoms with Crippen LogP contribution in [-0.2, 0) is 14.8 Å². The van der Waals surface area contributed by atoms with Gasteiger partial charge in [0.05, 0.1) is 5.56 Å². The monoisotopic (exact) mass is 372 g/mol. The van der Waals surface area contributed by atoms with Gasteiger partial charge in [-0.3, -0.25) is 4.79 Å². The molecule has 3 rings (SSSR count). The van der Waals surface area contributed by atoms with Crippen LogP contribution in [0.3, 0.4) is 0 Å². The van der Waals surface area contributed by atoms with E-state index in [9.17, 15) is 18.0 Å². The van der Waals surface area contributed by atoms with Gasteiger partial charge in [-0.15, -0.1) is 11.3 Å². The zero-order chi connectivity index (χ0) is 17.5. The number of piperazine rings is 1. The fourth-order valence-electron chi connectivity index (χ4n) is 2.93. The van der Waals surface area contributed by atoms with Crippen LogP contribution in [0.5, 0.6) is 0 Å². The number of carbonyl (C=O) groups is 2. The number of sulfonamides is 1. The van der Waals surface area contributed by atoms with Crippen LogP contribution < -0.4 is 0 Å². The van der Waals surface area contributed by atoms with Gasteiger partial charge in [-0.05, 0) is 24.8 Å². The number of thiophene rings is 1. The number of hydrogen-bond donors (Lipinski definition) is 1. The molecule has 1 N–H and O–H groups in total. The van der Waals surface area contributed by atoms with Crippen molar-refractivity contribution in [1.29, 1.82) is 0 Å². The van der Waals surface area contributed by atoms with E-state index in [1.165, 1.54) is 15.8 Å². The lowest BCUT2D eigenvalue weighted by atomic mass is 10.0. The number of amides is 1. The molecule has 0 radical (unpaired) electrons. The minimum atomic E-state index is -3.70. The van der Waals surface area contributed by atoms with Crippen LogP contribution >= 0.6 is 11.3 Å². The fourth-order valence-corrected chi connectivity index (χ4v) is 5.65. The number of hydrogen-bond acceptors (Lipinski definition) is 5. The lowest BCUT2D eigenvalue weighted by molar-refractivity contribution is -0.136. The highest BCUT2D eigenvalue weighted by Gasteiger charge is 2.37. The summed E-state index contributed by atoms with van der Waals surface area (Å²) >= 11 is 0.912. The maximum atomic E-state index is 12.6. The summed E-state index contributed by atoms with van der Waals surface area (Å²) in [6, 6.07) is 1.19. The average molecular weight is 372 g/mol. The van der Waals surface area contributed by atoms with E-state index in [0.29, 0.717) is 19.0 Å². The van der Waals surface area contributed by atoms with Crippen molar-refractivity contribution in [3.05, 3.63) is 17.0 Å². The predicted molar refractivity (Wildman–Crippen MR) is 88.5 cm³/mol. The molecule has 24 heavy (non-hydrogen) atoms. The van der Waals surface area contributed by atoms with Crippen LogP contribution in [0.2, 0.25) is 0 Å². The zero-order valence-electron chi connectivity index (χ0n) is 13.3. The molecule has 0 spiro atoms. The maximum absolute atomic E-state index is 12.6. The smallest absolute Gasteiger partial charge is 0.336 e. The minimum absolute atomic E-state index is 0.0172. The van der Waals surface area contributed by atoms with Crippen molar-refractivity contribution in [2.24, 2.45) is 11.8 Å². The minimum Gasteiger partial charge on any atom is -0.478 e. The molecule has 132 valence electrons. The second-order valence-electron chi connectivity index (χ2n) is 6.32. The van der Waals surface area contributed by atoms with Crippen LogP contribution in [-0.4, -0.2) is 60.8 Å². The number of nitrogens with zero attached hydrogens (tertiary/aromatic N) is 2. The summed E-state index contributed by atoms with van der Waals surface area (Å²) in [5.74, 6) is -0.528. The Morgan fingerprint density at radius 2 is 1.88 bits per heavy atom. The van der Waals surface area contributed by atoms with Crippen molar-refractivity contribution in [2.45, 2.75) is 24.0 Å². The Balaban J connectivity index is 1.64. The highest BCUT2D eigenvalue weighted by molar-refractivity contribution is 7.91. The van der Waals surface area contributed by atoms with Gasteiger partial charge in [-0.2, -0.15) is 4.31 Å². The van der Waals surface area contributed by atoms with Gasteiger partial charge < -0.3 is 10.0 Å². The molecule has 2 fully saturated rings. The van der Waals surface area contributed by atoms with Gasteiger partial charge in [0.2, 0.25) is 5.91 Å². The Morgan fingerprint density at radius 3 is 2.38 bits per heavy atom. The van der Waals surface area contributed by atoms with Crippen molar-refractivity contribution < 1.29 is 23.1 Å². The fraction of sp³-hybridized carbons (Fsp3) is 0.600. The molecular weight excluding hydrogens is 352 g/mol. The Kier molecular flexibility index (Phi) is 4.67. The van der Waals surface area contributed by atoms with Gasteiger partial charge in [0.15, 0.2) is 0 Å². The Morgan fingerprint density at radius 1 is 1.25 bits per heavy atom. The van der Waals surface area contributed by atoms with Crippen molar-refractivity contribution >= 4 is 33.2 Å². The Hall–Kier alpha value is -1.45. The zero-order valence-corrected chi connectivity index (χ0v) is 15.0. The molecule has 1 aliphatic carbocycles. The van der Waals surface area contributed by atoms with E-state index >= 15 is 0 Å². The molecule has 2 aliphatic rings. The topological polar surface area (TPSA) is 95.0 Å². The second-order valence-corrected chi connectivity index (χ2v) is 9.39. The van der Waals surface area contributed by atoms with Crippen LogP contribution in [0.15, 0.2) is 15.7 Å². The van der Waals surface area contributed by atoms with E-state index in [0.717, 1.165) is 24.2 Å². The summed E-state index contributed by atoms with van der Waals surface area (Å²) in [5, 5.41) is 10.3. The first kappa shape index (κ1) is 17.4. The van der Waals surface area contributed by atoms with E-state index < -0.39 is 16.0 Å². The standard InChI is InChI=1S/C15H20N2O5S2/c1-10(11-2-3-11)14(18)16-4-6-17(7-5-16)24(21,22)13-8-12(9-23-13)15(19)20/h8-11H,2-7H2,1H3,(H,19,20). The van der Waals surface area contributed by atoms with Crippen LogP contribution in [0.25, 0.3) is 0 Å². The molecule has 1 unspecified atom stereocenters. The normalized spacial score (nSPS) is 20.8. The Bertz CT molecular complexity index is 746. The van der Waals surface area contributed by atoms with Gasteiger partial charge in [0, 0.05) is 37.5 Å². The number of rotatable bonds is 5. The lowest BCUT2D eigenvalue weighted by Gasteiger charge is -2.35. The van der Waals surface area contributed by atoms with Crippen molar-refractivity contribution in [2.75, 3.05) is 26.2 Å². The maximum Gasteiger partial charge on any atom is 0.336 e. The second kappa shape index (κ2) is 6.45. The first-order valence-electron chi connectivity index (χ1n) is 7.91. The molecule has 7 nitrogen and oxygen atoms in total. The summed E-state index contributed by atoms with van der Waals surface area (Å²) in [6.07, 6.45) is 2.21. The Labute approximate surface area is 144 Å². The summed E-state index contributed by atoms with van der Waals surface area (Å²) in [4.78, 5) is 25.0. The van der Waals surface area contributed by atoms with Gasteiger partial charge in [-0.25, -0.2) is 13.2 Å². The third-order valence-electron chi connectivity index (χ3n) is 4.69. The third-order valence-corrected chi connectivity index (χ3v) is 8.00. The summed E-state index contributed by atoms with van der Waals surface area (Å²) < 4.78 is 26.5. The van der Waals surface area contributed by atoms with Gasteiger partial charge >= 0.3 is 5.97 Å². The first-order chi connectivity index (χ1) is 11.3. The highest BCUT2D eigenvalue weighted by Crippen LogP contribution is 2.37. The molecule has 1 atom stereocenters. The average Bonchev–Trinajstić information content (AvgIpc) is 3.28. The molecule has 2 heterocycles. The molecule has 9 heteroatoms. The molecule has 1 saturated heterocycles. The van der Waals surface area contributed by atoms with Crippen LogP contribution in [0.4, 0.5) is 0 Å². The van der Waals surface area contributed by atoms with Gasteiger partial charge in [-0.1, -0.05) is 6.92 Å². The quantitative estimate of drug-likeness (QED) is 0.841. The number of carboxylic acids is 1. The lowest BCUT2D eigenvalue weighted by Crippen LogP contribution is -2.51. The molecule has 1 aromatic heterocycles. The van der Waals surface area contributed by atoms with Crippen LogP contribution in [0.1, 0.15) is 30.1 Å². The van der Waals surface area contributed by atoms with E-state index in [2.05, 4.69) is 0 Å². The summed E-state index contributed by atoms with van der Waals surface area (Å²) in [7, 11) is -3.70.